The van der Waals surface area contributed by atoms with Crippen LogP contribution in [0.1, 0.15) is 13.3 Å². The standard InChI is InChI=1S/C24H25N5S/c1-2-11-28-12-14-29(15-13-28)23-21-20(18-7-4-3-5-8-18)17-30-24(21)27-22(26-23)19-9-6-10-25-16-19/h3-10,16-17H,2,11-15H2,1H3. The number of piperazine rings is 1. The number of aromatic nitrogens is 3. The SMILES string of the molecule is CCCN1CCN(c2nc(-c3cccnc3)nc3scc(-c4ccccc4)c23)CC1. The Morgan fingerprint density at radius 1 is 0.933 bits per heavy atom. The lowest BCUT2D eigenvalue weighted by atomic mass is 10.1. The van der Waals surface area contributed by atoms with Gasteiger partial charge in [-0.3, -0.25) is 9.88 Å². The summed E-state index contributed by atoms with van der Waals surface area (Å²) in [4.78, 5) is 20.3. The van der Waals surface area contributed by atoms with Crippen molar-refractivity contribution in [1.29, 1.82) is 0 Å². The van der Waals surface area contributed by atoms with Crippen LogP contribution in [0.5, 0.6) is 0 Å². The zero-order valence-corrected chi connectivity index (χ0v) is 18.0. The second-order valence-corrected chi connectivity index (χ2v) is 8.49. The largest absolute Gasteiger partial charge is 0.353 e. The summed E-state index contributed by atoms with van der Waals surface area (Å²) < 4.78 is 0. The predicted molar refractivity (Wildman–Crippen MR) is 125 cm³/mol. The molecule has 5 nitrogen and oxygen atoms in total. The summed E-state index contributed by atoms with van der Waals surface area (Å²) in [5, 5.41) is 3.39. The average molecular weight is 416 g/mol. The second kappa shape index (κ2) is 8.50. The van der Waals surface area contributed by atoms with Crippen LogP contribution in [0.25, 0.3) is 32.7 Å². The molecule has 6 heteroatoms. The number of thiophene rings is 1. The molecule has 0 spiro atoms. The van der Waals surface area contributed by atoms with Crippen LogP contribution in [-0.2, 0) is 0 Å². The van der Waals surface area contributed by atoms with Gasteiger partial charge < -0.3 is 4.90 Å². The fourth-order valence-electron chi connectivity index (χ4n) is 4.11. The summed E-state index contributed by atoms with van der Waals surface area (Å²) in [6.45, 7) is 7.55. The van der Waals surface area contributed by atoms with Gasteiger partial charge in [0.1, 0.15) is 10.6 Å². The average Bonchev–Trinajstić information content (AvgIpc) is 3.25. The molecular formula is C24H25N5S. The van der Waals surface area contributed by atoms with Crippen molar-refractivity contribution >= 4 is 27.4 Å². The minimum Gasteiger partial charge on any atom is -0.353 e. The number of hydrogen-bond acceptors (Lipinski definition) is 6. The second-order valence-electron chi connectivity index (χ2n) is 7.64. The molecule has 0 aliphatic carbocycles. The first-order valence-corrected chi connectivity index (χ1v) is 11.4. The highest BCUT2D eigenvalue weighted by molar-refractivity contribution is 7.17. The Morgan fingerprint density at radius 3 is 2.47 bits per heavy atom. The molecule has 1 saturated heterocycles. The Morgan fingerprint density at radius 2 is 1.73 bits per heavy atom. The summed E-state index contributed by atoms with van der Waals surface area (Å²) in [5.41, 5.74) is 3.40. The normalized spacial score (nSPS) is 15.0. The molecule has 1 aromatic carbocycles. The number of anilines is 1. The van der Waals surface area contributed by atoms with Crippen molar-refractivity contribution in [2.75, 3.05) is 37.6 Å². The summed E-state index contributed by atoms with van der Waals surface area (Å²) in [5.74, 6) is 1.80. The highest BCUT2D eigenvalue weighted by atomic mass is 32.1. The molecule has 5 rings (SSSR count). The zero-order valence-electron chi connectivity index (χ0n) is 17.2. The molecule has 152 valence electrons. The molecule has 30 heavy (non-hydrogen) atoms. The van der Waals surface area contributed by atoms with Crippen molar-refractivity contribution in [1.82, 2.24) is 19.9 Å². The Kier molecular flexibility index (Phi) is 5.43. The van der Waals surface area contributed by atoms with E-state index >= 15 is 0 Å². The molecular weight excluding hydrogens is 390 g/mol. The Labute approximate surface area is 181 Å². The van der Waals surface area contributed by atoms with Gasteiger partial charge in [0.25, 0.3) is 0 Å². The fourth-order valence-corrected chi connectivity index (χ4v) is 5.05. The number of pyridine rings is 1. The van der Waals surface area contributed by atoms with Gasteiger partial charge in [-0.25, -0.2) is 9.97 Å². The van der Waals surface area contributed by atoms with E-state index < -0.39 is 0 Å². The highest BCUT2D eigenvalue weighted by Gasteiger charge is 2.23. The van der Waals surface area contributed by atoms with E-state index in [0.717, 1.165) is 48.2 Å². The maximum Gasteiger partial charge on any atom is 0.164 e. The van der Waals surface area contributed by atoms with E-state index in [2.05, 4.69) is 57.4 Å². The molecule has 3 aromatic heterocycles. The lowest BCUT2D eigenvalue weighted by Gasteiger charge is -2.35. The van der Waals surface area contributed by atoms with E-state index in [9.17, 15) is 0 Å². The Balaban J connectivity index is 1.62. The topological polar surface area (TPSA) is 45.2 Å². The first-order chi connectivity index (χ1) is 14.8. The molecule has 4 heterocycles. The van der Waals surface area contributed by atoms with Crippen LogP contribution in [0.3, 0.4) is 0 Å². The van der Waals surface area contributed by atoms with Gasteiger partial charge in [0.05, 0.1) is 5.39 Å². The van der Waals surface area contributed by atoms with Crippen LogP contribution in [0.4, 0.5) is 5.82 Å². The quantitative estimate of drug-likeness (QED) is 0.461. The first-order valence-electron chi connectivity index (χ1n) is 10.6. The van der Waals surface area contributed by atoms with Crippen LogP contribution >= 0.6 is 11.3 Å². The number of hydrogen-bond donors (Lipinski definition) is 0. The fraction of sp³-hybridized carbons (Fsp3) is 0.292. The van der Waals surface area contributed by atoms with Gasteiger partial charge in [-0.2, -0.15) is 0 Å². The van der Waals surface area contributed by atoms with Crippen molar-refractivity contribution in [2.45, 2.75) is 13.3 Å². The molecule has 0 N–H and O–H groups in total. The Hall–Kier alpha value is -2.83. The minimum atomic E-state index is 0.753. The molecule has 4 aromatic rings. The van der Waals surface area contributed by atoms with Crippen molar-refractivity contribution in [3.05, 3.63) is 60.2 Å². The molecule has 0 radical (unpaired) electrons. The monoisotopic (exact) mass is 415 g/mol. The van der Waals surface area contributed by atoms with Gasteiger partial charge in [-0.1, -0.05) is 37.3 Å². The number of benzene rings is 1. The number of fused-ring (bicyclic) bond motifs is 1. The maximum atomic E-state index is 5.09. The van der Waals surface area contributed by atoms with Crippen LogP contribution in [0.2, 0.25) is 0 Å². The molecule has 0 atom stereocenters. The van der Waals surface area contributed by atoms with Gasteiger partial charge in [-0.05, 0) is 30.7 Å². The van der Waals surface area contributed by atoms with Crippen molar-refractivity contribution in [3.63, 3.8) is 0 Å². The van der Waals surface area contributed by atoms with E-state index in [-0.39, 0.29) is 0 Å². The Bertz CT molecular complexity index is 1120. The summed E-state index contributed by atoms with van der Waals surface area (Å²) in [6.07, 6.45) is 4.83. The summed E-state index contributed by atoms with van der Waals surface area (Å²) in [6, 6.07) is 14.5. The molecule has 0 saturated carbocycles. The third-order valence-electron chi connectivity index (χ3n) is 5.63. The number of rotatable bonds is 5. The molecule has 0 bridgehead atoms. The lowest BCUT2D eigenvalue weighted by molar-refractivity contribution is 0.258. The third kappa shape index (κ3) is 3.68. The first kappa shape index (κ1) is 19.2. The molecule has 1 aliphatic heterocycles. The van der Waals surface area contributed by atoms with E-state index in [0.29, 0.717) is 0 Å². The minimum absolute atomic E-state index is 0.753. The highest BCUT2D eigenvalue weighted by Crippen LogP contribution is 2.39. The van der Waals surface area contributed by atoms with E-state index in [1.165, 1.54) is 29.5 Å². The summed E-state index contributed by atoms with van der Waals surface area (Å²) in [7, 11) is 0. The smallest absolute Gasteiger partial charge is 0.164 e. The van der Waals surface area contributed by atoms with Crippen molar-refractivity contribution < 1.29 is 0 Å². The molecule has 0 unspecified atom stereocenters. The van der Waals surface area contributed by atoms with E-state index in [4.69, 9.17) is 9.97 Å². The van der Waals surface area contributed by atoms with Gasteiger partial charge in [0.2, 0.25) is 0 Å². The zero-order chi connectivity index (χ0) is 20.3. The van der Waals surface area contributed by atoms with Crippen molar-refractivity contribution in [2.24, 2.45) is 0 Å². The van der Waals surface area contributed by atoms with Gasteiger partial charge >= 0.3 is 0 Å². The van der Waals surface area contributed by atoms with Gasteiger partial charge in [0, 0.05) is 55.1 Å². The molecule has 0 amide bonds. The number of nitrogens with zero attached hydrogens (tertiary/aromatic N) is 5. The van der Waals surface area contributed by atoms with E-state index in [1.807, 2.05) is 18.3 Å². The predicted octanol–water partition coefficient (Wildman–Crippen LogP) is 4.95. The van der Waals surface area contributed by atoms with E-state index in [1.54, 1.807) is 17.5 Å². The van der Waals surface area contributed by atoms with Crippen molar-refractivity contribution in [3.8, 4) is 22.5 Å². The van der Waals surface area contributed by atoms with Crippen LogP contribution in [-0.4, -0.2) is 52.6 Å². The van der Waals surface area contributed by atoms with Crippen LogP contribution in [0, 0.1) is 0 Å². The van der Waals surface area contributed by atoms with Crippen LogP contribution in [0.15, 0.2) is 60.2 Å². The lowest BCUT2D eigenvalue weighted by Crippen LogP contribution is -2.46. The molecule has 1 fully saturated rings. The summed E-state index contributed by atoms with van der Waals surface area (Å²) >= 11 is 1.70. The molecule has 1 aliphatic rings. The van der Waals surface area contributed by atoms with Gasteiger partial charge in [-0.15, -0.1) is 11.3 Å². The van der Waals surface area contributed by atoms with Gasteiger partial charge in [0.15, 0.2) is 5.82 Å². The third-order valence-corrected chi connectivity index (χ3v) is 6.50. The van der Waals surface area contributed by atoms with Crippen LogP contribution < -0.4 is 4.90 Å². The maximum absolute atomic E-state index is 5.09.